The van der Waals surface area contributed by atoms with Crippen molar-refractivity contribution >= 4 is 41.0 Å². The highest BCUT2D eigenvalue weighted by molar-refractivity contribution is 6.40. The van der Waals surface area contributed by atoms with Gasteiger partial charge in [0.25, 0.3) is 5.91 Å². The van der Waals surface area contributed by atoms with Gasteiger partial charge in [-0.1, -0.05) is 53.5 Å². The third-order valence-corrected chi connectivity index (χ3v) is 5.39. The van der Waals surface area contributed by atoms with E-state index in [0.717, 1.165) is 29.0 Å². The molecule has 32 heavy (non-hydrogen) atoms. The van der Waals surface area contributed by atoms with Crippen molar-refractivity contribution in [3.8, 4) is 11.3 Å². The average Bonchev–Trinajstić information content (AvgIpc) is 2.73. The zero-order valence-electron chi connectivity index (χ0n) is 16.8. The molecule has 3 rings (SSSR count). The van der Waals surface area contributed by atoms with Crippen LogP contribution < -0.4 is 5.32 Å². The Bertz CT molecular complexity index is 1170. The van der Waals surface area contributed by atoms with E-state index in [1.54, 1.807) is 18.3 Å². The van der Waals surface area contributed by atoms with E-state index in [1.165, 1.54) is 0 Å². The number of aryl methyl sites for hydroxylation is 1. The first-order valence-corrected chi connectivity index (χ1v) is 10.2. The lowest BCUT2D eigenvalue weighted by molar-refractivity contribution is -0.139. The molecule has 1 atom stereocenters. The van der Waals surface area contributed by atoms with Crippen molar-refractivity contribution < 1.29 is 24.6 Å². The lowest BCUT2D eigenvalue weighted by atomic mass is 10.0. The number of benzene rings is 2. The van der Waals surface area contributed by atoms with E-state index in [9.17, 15) is 19.5 Å². The second kappa shape index (κ2) is 9.80. The van der Waals surface area contributed by atoms with Crippen LogP contribution in [-0.4, -0.2) is 39.1 Å². The molecule has 9 heteroatoms. The molecular weight excluding hydrogens is 455 g/mol. The Labute approximate surface area is 193 Å². The normalized spacial score (nSPS) is 11.6. The summed E-state index contributed by atoms with van der Waals surface area (Å²) < 4.78 is 0. The van der Waals surface area contributed by atoms with Gasteiger partial charge >= 0.3 is 11.9 Å². The number of hydrogen-bond acceptors (Lipinski definition) is 4. The Morgan fingerprint density at radius 3 is 2.19 bits per heavy atom. The maximum absolute atomic E-state index is 12.7. The highest BCUT2D eigenvalue weighted by Gasteiger charge is 2.25. The average molecular weight is 473 g/mol. The van der Waals surface area contributed by atoms with Crippen molar-refractivity contribution in [2.75, 3.05) is 0 Å². The second-order valence-corrected chi connectivity index (χ2v) is 7.87. The Kier molecular flexibility index (Phi) is 7.12. The molecule has 1 amide bonds. The predicted octanol–water partition coefficient (Wildman–Crippen LogP) is 4.49. The summed E-state index contributed by atoms with van der Waals surface area (Å²) in [7, 11) is 0. The van der Waals surface area contributed by atoms with Crippen LogP contribution in [0.2, 0.25) is 10.0 Å². The number of rotatable bonds is 7. The third kappa shape index (κ3) is 5.25. The standard InChI is InChI=1S/C23H18Cl2N2O5/c1-12-3-2-8-26-20(12)14-6-4-13(5-7-14)9-18(23(31)32)27-21(28)19-16(24)10-15(22(29)30)11-17(19)25/h2-8,10-11,18H,9H2,1H3,(H,27,28)(H,29,30)(H,31,32). The van der Waals surface area contributed by atoms with Crippen LogP contribution >= 0.6 is 23.2 Å². The largest absolute Gasteiger partial charge is 0.480 e. The van der Waals surface area contributed by atoms with Crippen molar-refractivity contribution in [3.05, 3.63) is 87.0 Å². The topological polar surface area (TPSA) is 117 Å². The molecule has 1 unspecified atom stereocenters. The molecule has 1 heterocycles. The minimum Gasteiger partial charge on any atom is -0.480 e. The molecule has 3 aromatic rings. The van der Waals surface area contributed by atoms with Crippen molar-refractivity contribution in [3.63, 3.8) is 0 Å². The first kappa shape index (κ1) is 23.2. The second-order valence-electron chi connectivity index (χ2n) is 7.05. The predicted molar refractivity (Wildman–Crippen MR) is 120 cm³/mol. The molecule has 0 aliphatic rings. The summed E-state index contributed by atoms with van der Waals surface area (Å²) in [4.78, 5) is 39.9. The van der Waals surface area contributed by atoms with Gasteiger partial charge in [0.05, 0.1) is 26.9 Å². The van der Waals surface area contributed by atoms with Crippen LogP contribution in [0.5, 0.6) is 0 Å². The van der Waals surface area contributed by atoms with Gasteiger partial charge < -0.3 is 15.5 Å². The molecule has 0 aliphatic carbocycles. The summed E-state index contributed by atoms with van der Waals surface area (Å²) in [5.74, 6) is -3.31. The molecule has 0 saturated carbocycles. The first-order valence-electron chi connectivity index (χ1n) is 9.44. The lowest BCUT2D eigenvalue weighted by Gasteiger charge is -2.16. The third-order valence-electron chi connectivity index (χ3n) is 4.80. The number of carbonyl (C=O) groups is 3. The molecule has 7 nitrogen and oxygen atoms in total. The molecule has 0 bridgehead atoms. The number of amides is 1. The summed E-state index contributed by atoms with van der Waals surface area (Å²) in [5.41, 5.74) is 3.04. The zero-order valence-corrected chi connectivity index (χ0v) is 18.3. The van der Waals surface area contributed by atoms with E-state index in [2.05, 4.69) is 10.3 Å². The number of pyridine rings is 1. The molecule has 0 spiro atoms. The number of aliphatic carboxylic acids is 1. The van der Waals surface area contributed by atoms with Gasteiger partial charge in [0.1, 0.15) is 6.04 Å². The smallest absolute Gasteiger partial charge is 0.335 e. The van der Waals surface area contributed by atoms with Gasteiger partial charge in [-0.05, 0) is 36.2 Å². The van der Waals surface area contributed by atoms with Crippen LogP contribution in [0, 0.1) is 6.92 Å². The summed E-state index contributed by atoms with van der Waals surface area (Å²) in [5, 5.41) is 20.7. The Morgan fingerprint density at radius 1 is 1.03 bits per heavy atom. The van der Waals surface area contributed by atoms with Gasteiger partial charge in [0.2, 0.25) is 0 Å². The molecule has 3 N–H and O–H groups in total. The summed E-state index contributed by atoms with van der Waals surface area (Å²) in [6.07, 6.45) is 1.72. The first-order chi connectivity index (χ1) is 15.2. The molecule has 1 aromatic heterocycles. The number of aromatic carboxylic acids is 1. The number of carboxylic acid groups (broad SMARTS) is 2. The van der Waals surface area contributed by atoms with Crippen LogP contribution in [0.15, 0.2) is 54.7 Å². The molecule has 0 fully saturated rings. The zero-order chi connectivity index (χ0) is 23.4. The van der Waals surface area contributed by atoms with Crippen molar-refractivity contribution in [1.29, 1.82) is 0 Å². The number of carbonyl (C=O) groups excluding carboxylic acids is 1. The fourth-order valence-corrected chi connectivity index (χ4v) is 3.83. The van der Waals surface area contributed by atoms with Crippen LogP contribution in [0.25, 0.3) is 11.3 Å². The van der Waals surface area contributed by atoms with Crippen molar-refractivity contribution in [1.82, 2.24) is 10.3 Å². The van der Waals surface area contributed by atoms with Crippen LogP contribution in [-0.2, 0) is 11.2 Å². The van der Waals surface area contributed by atoms with Gasteiger partial charge in [0.15, 0.2) is 0 Å². The van der Waals surface area contributed by atoms with Crippen LogP contribution in [0.3, 0.4) is 0 Å². The molecule has 0 saturated heterocycles. The number of hydrogen-bond donors (Lipinski definition) is 3. The van der Waals surface area contributed by atoms with E-state index >= 15 is 0 Å². The molecule has 164 valence electrons. The van der Waals surface area contributed by atoms with E-state index in [0.29, 0.717) is 5.56 Å². The molecule has 2 aromatic carbocycles. The van der Waals surface area contributed by atoms with Gasteiger partial charge in [-0.2, -0.15) is 0 Å². The Morgan fingerprint density at radius 2 is 1.66 bits per heavy atom. The van der Waals surface area contributed by atoms with Gasteiger partial charge in [-0.15, -0.1) is 0 Å². The minimum absolute atomic E-state index is 0.0189. The van der Waals surface area contributed by atoms with E-state index in [1.807, 2.05) is 31.2 Å². The number of halogens is 2. The summed E-state index contributed by atoms with van der Waals surface area (Å²) in [6, 6.07) is 11.9. The highest BCUT2D eigenvalue weighted by atomic mass is 35.5. The van der Waals surface area contributed by atoms with Crippen molar-refractivity contribution in [2.24, 2.45) is 0 Å². The maximum atomic E-state index is 12.7. The SMILES string of the molecule is Cc1cccnc1-c1ccc(CC(NC(=O)c2c(Cl)cc(C(=O)O)cc2Cl)C(=O)O)cc1. The monoisotopic (exact) mass is 472 g/mol. The van der Waals surface area contributed by atoms with Crippen molar-refractivity contribution in [2.45, 2.75) is 19.4 Å². The number of nitrogens with one attached hydrogen (secondary N) is 1. The summed E-state index contributed by atoms with van der Waals surface area (Å²) in [6.45, 7) is 1.95. The minimum atomic E-state index is -1.26. The summed E-state index contributed by atoms with van der Waals surface area (Å²) >= 11 is 12.0. The fraction of sp³-hybridized carbons (Fsp3) is 0.130. The van der Waals surface area contributed by atoms with Gasteiger partial charge in [-0.25, -0.2) is 9.59 Å². The van der Waals surface area contributed by atoms with Crippen LogP contribution in [0.4, 0.5) is 0 Å². The van der Waals surface area contributed by atoms with E-state index < -0.39 is 23.9 Å². The van der Waals surface area contributed by atoms with Crippen LogP contribution in [0.1, 0.15) is 31.8 Å². The lowest BCUT2D eigenvalue weighted by Crippen LogP contribution is -2.42. The quantitative estimate of drug-likeness (QED) is 0.466. The maximum Gasteiger partial charge on any atom is 0.335 e. The number of carboxylic acids is 2. The van der Waals surface area contributed by atoms with Gasteiger partial charge in [-0.3, -0.25) is 9.78 Å². The highest BCUT2D eigenvalue weighted by Crippen LogP contribution is 2.27. The molecular formula is C23H18Cl2N2O5. The molecule has 0 aliphatic heterocycles. The van der Waals surface area contributed by atoms with E-state index in [-0.39, 0.29) is 27.6 Å². The number of nitrogens with zero attached hydrogens (tertiary/aromatic N) is 1. The van der Waals surface area contributed by atoms with E-state index in [4.69, 9.17) is 28.3 Å². The fourth-order valence-electron chi connectivity index (χ4n) is 3.17. The Hall–Kier alpha value is -3.42. The number of aromatic nitrogens is 1. The van der Waals surface area contributed by atoms with Gasteiger partial charge in [0, 0.05) is 18.2 Å². The Balaban J connectivity index is 1.78. The molecule has 0 radical (unpaired) electrons.